The van der Waals surface area contributed by atoms with Gasteiger partial charge in [0, 0.05) is 18.3 Å². The molecule has 33 heavy (non-hydrogen) atoms. The molecule has 12 nitrogen and oxygen atoms in total. The van der Waals surface area contributed by atoms with E-state index in [-0.39, 0.29) is 18.8 Å². The zero-order chi connectivity index (χ0) is 25.0. The summed E-state index contributed by atoms with van der Waals surface area (Å²) in [5.41, 5.74) is 6.10. The van der Waals surface area contributed by atoms with Gasteiger partial charge in [0.1, 0.15) is 24.2 Å². The maximum Gasteiger partial charge on any atom is 0.326 e. The van der Waals surface area contributed by atoms with Gasteiger partial charge in [0.05, 0.1) is 12.9 Å². The summed E-state index contributed by atoms with van der Waals surface area (Å²) in [5, 5.41) is 26.2. The van der Waals surface area contributed by atoms with Crippen molar-refractivity contribution in [2.75, 3.05) is 18.6 Å². The van der Waals surface area contributed by atoms with Crippen molar-refractivity contribution < 1.29 is 29.4 Å². The molecule has 1 aromatic heterocycles. The van der Waals surface area contributed by atoms with Crippen molar-refractivity contribution in [2.24, 2.45) is 11.7 Å². The first kappa shape index (κ1) is 28.4. The predicted molar refractivity (Wildman–Crippen MR) is 123 cm³/mol. The summed E-state index contributed by atoms with van der Waals surface area (Å²) < 4.78 is 0. The lowest BCUT2D eigenvalue weighted by molar-refractivity contribution is -0.142. The number of aromatic amines is 1. The number of H-pyrrole nitrogens is 1. The molecule has 0 bridgehead atoms. The fourth-order valence-corrected chi connectivity index (χ4v) is 3.37. The molecule has 3 amide bonds. The Kier molecular flexibility index (Phi) is 12.5. The summed E-state index contributed by atoms with van der Waals surface area (Å²) in [5.74, 6) is -2.93. The highest BCUT2D eigenvalue weighted by molar-refractivity contribution is 7.98. The Balaban J connectivity index is 3.03. The van der Waals surface area contributed by atoms with Gasteiger partial charge < -0.3 is 36.9 Å². The predicted octanol–water partition coefficient (Wildman–Crippen LogP) is -1.39. The first-order valence-corrected chi connectivity index (χ1v) is 12.0. The number of aromatic nitrogens is 2. The minimum Gasteiger partial charge on any atom is -0.480 e. The number of carbonyl (C=O) groups is 4. The minimum atomic E-state index is -1.22. The first-order chi connectivity index (χ1) is 15.6. The van der Waals surface area contributed by atoms with Crippen LogP contribution >= 0.6 is 11.8 Å². The van der Waals surface area contributed by atoms with Gasteiger partial charge in [-0.25, -0.2) is 9.78 Å². The van der Waals surface area contributed by atoms with Crippen LogP contribution in [-0.4, -0.2) is 86.7 Å². The van der Waals surface area contributed by atoms with Crippen molar-refractivity contribution in [3.63, 3.8) is 0 Å². The van der Waals surface area contributed by atoms with E-state index in [1.54, 1.807) is 6.92 Å². The Morgan fingerprint density at radius 3 is 2.33 bits per heavy atom. The number of nitrogens with two attached hydrogens (primary N) is 1. The van der Waals surface area contributed by atoms with Gasteiger partial charge in [0.15, 0.2) is 0 Å². The first-order valence-electron chi connectivity index (χ1n) is 10.6. The van der Waals surface area contributed by atoms with Gasteiger partial charge in [-0.05, 0) is 24.3 Å². The van der Waals surface area contributed by atoms with Crippen LogP contribution in [0.3, 0.4) is 0 Å². The molecule has 0 aromatic carbocycles. The standard InChI is InChI=1S/C20H34N6O6S/c1-4-11(2)16(19(30)24-14(20(31)32)5-6-33-3)26-18(29)15(7-12-8-22-10-23-12)25-17(28)13(21)9-27/h8,10-11,13-16,27H,4-7,9,21H2,1-3H3,(H,22,23)(H,24,30)(H,25,28)(H,26,29)(H,31,32). The largest absolute Gasteiger partial charge is 0.480 e. The number of carboxylic acid groups (broad SMARTS) is 1. The second-order valence-corrected chi connectivity index (χ2v) is 8.67. The van der Waals surface area contributed by atoms with Gasteiger partial charge in [0.25, 0.3) is 0 Å². The number of carbonyl (C=O) groups excluding carboxylic acids is 3. The lowest BCUT2D eigenvalue weighted by atomic mass is 9.97. The fraction of sp³-hybridized carbons (Fsp3) is 0.650. The maximum absolute atomic E-state index is 13.1. The SMILES string of the molecule is CCC(C)C(NC(=O)C(Cc1cnc[nH]1)NC(=O)C(N)CO)C(=O)NC(CCSC)C(=O)O. The van der Waals surface area contributed by atoms with E-state index in [1.807, 2.05) is 13.2 Å². The highest BCUT2D eigenvalue weighted by Crippen LogP contribution is 2.11. The molecular weight excluding hydrogens is 452 g/mol. The third-order valence-electron chi connectivity index (χ3n) is 5.16. The van der Waals surface area contributed by atoms with E-state index in [2.05, 4.69) is 25.9 Å². The molecule has 0 fully saturated rings. The van der Waals surface area contributed by atoms with Crippen LogP contribution < -0.4 is 21.7 Å². The molecule has 1 aromatic rings. The molecule has 1 heterocycles. The average Bonchev–Trinajstić information content (AvgIpc) is 3.31. The van der Waals surface area contributed by atoms with Crippen LogP contribution in [0.15, 0.2) is 12.5 Å². The van der Waals surface area contributed by atoms with Crippen molar-refractivity contribution >= 4 is 35.5 Å². The summed E-state index contributed by atoms with van der Waals surface area (Å²) in [6.07, 6.45) is 5.55. The molecular formula is C20H34N6O6S. The number of aliphatic carboxylic acids is 1. The molecule has 5 unspecified atom stereocenters. The highest BCUT2D eigenvalue weighted by atomic mass is 32.2. The molecule has 0 aliphatic rings. The van der Waals surface area contributed by atoms with Crippen LogP contribution in [0.25, 0.3) is 0 Å². The molecule has 1 rings (SSSR count). The van der Waals surface area contributed by atoms with Gasteiger partial charge in [0.2, 0.25) is 17.7 Å². The molecule has 0 spiro atoms. The molecule has 0 aliphatic carbocycles. The second-order valence-electron chi connectivity index (χ2n) is 7.68. The number of rotatable bonds is 15. The zero-order valence-corrected chi connectivity index (χ0v) is 19.9. The normalized spacial score (nSPS) is 15.5. The van der Waals surface area contributed by atoms with E-state index in [9.17, 15) is 24.3 Å². The molecule has 8 N–H and O–H groups in total. The Morgan fingerprint density at radius 1 is 1.15 bits per heavy atom. The van der Waals surface area contributed by atoms with Crippen LogP contribution in [0.5, 0.6) is 0 Å². The second kappa shape index (κ2) is 14.5. The number of hydrogen-bond acceptors (Lipinski definition) is 8. The molecule has 186 valence electrons. The lowest BCUT2D eigenvalue weighted by Gasteiger charge is -2.28. The molecule has 0 radical (unpaired) electrons. The number of aliphatic hydroxyl groups is 1. The summed E-state index contributed by atoms with van der Waals surface area (Å²) in [6.45, 7) is 2.99. The van der Waals surface area contributed by atoms with Crippen LogP contribution in [-0.2, 0) is 25.6 Å². The van der Waals surface area contributed by atoms with Gasteiger partial charge in [-0.2, -0.15) is 11.8 Å². The van der Waals surface area contributed by atoms with Crippen molar-refractivity contribution in [2.45, 2.75) is 57.3 Å². The molecule has 0 saturated heterocycles. The van der Waals surface area contributed by atoms with Crippen LogP contribution in [0.4, 0.5) is 0 Å². The number of aliphatic hydroxyl groups excluding tert-OH is 1. The quantitative estimate of drug-likeness (QED) is 0.156. The monoisotopic (exact) mass is 486 g/mol. The third kappa shape index (κ3) is 9.40. The summed E-state index contributed by atoms with van der Waals surface area (Å²) in [4.78, 5) is 56.4. The third-order valence-corrected chi connectivity index (χ3v) is 5.81. The van der Waals surface area contributed by atoms with Crippen LogP contribution in [0.2, 0.25) is 0 Å². The number of carboxylic acids is 1. The smallest absolute Gasteiger partial charge is 0.326 e. The van der Waals surface area contributed by atoms with Crippen LogP contribution in [0, 0.1) is 5.92 Å². The number of nitrogens with one attached hydrogen (secondary N) is 4. The van der Waals surface area contributed by atoms with E-state index in [0.29, 0.717) is 17.9 Å². The van der Waals surface area contributed by atoms with Crippen molar-refractivity contribution in [1.29, 1.82) is 0 Å². The summed E-state index contributed by atoms with van der Waals surface area (Å²) in [7, 11) is 0. The molecule has 0 saturated carbocycles. The summed E-state index contributed by atoms with van der Waals surface area (Å²) >= 11 is 1.46. The lowest BCUT2D eigenvalue weighted by Crippen LogP contribution is -2.59. The zero-order valence-electron chi connectivity index (χ0n) is 19.0. The number of amides is 3. The summed E-state index contributed by atoms with van der Waals surface area (Å²) in [6, 6.07) is -4.44. The van der Waals surface area contributed by atoms with E-state index < -0.39 is 54.5 Å². The maximum atomic E-state index is 13.1. The molecule has 0 aliphatic heterocycles. The number of thioether (sulfide) groups is 1. The van der Waals surface area contributed by atoms with Crippen molar-refractivity contribution in [1.82, 2.24) is 25.9 Å². The van der Waals surface area contributed by atoms with Gasteiger partial charge in [-0.3, -0.25) is 14.4 Å². The Labute approximate surface area is 196 Å². The Morgan fingerprint density at radius 2 is 1.82 bits per heavy atom. The average molecular weight is 487 g/mol. The van der Waals surface area contributed by atoms with Gasteiger partial charge in [-0.1, -0.05) is 20.3 Å². The van der Waals surface area contributed by atoms with Crippen molar-refractivity contribution in [3.8, 4) is 0 Å². The topological polar surface area (TPSA) is 200 Å². The van der Waals surface area contributed by atoms with E-state index in [1.165, 1.54) is 24.3 Å². The number of imidazole rings is 1. The molecule has 13 heteroatoms. The van der Waals surface area contributed by atoms with Gasteiger partial charge in [-0.15, -0.1) is 0 Å². The van der Waals surface area contributed by atoms with Crippen molar-refractivity contribution in [3.05, 3.63) is 18.2 Å². The number of hydrogen-bond donors (Lipinski definition) is 7. The Bertz CT molecular complexity index is 777. The minimum absolute atomic E-state index is 0.0377. The van der Waals surface area contributed by atoms with E-state index in [4.69, 9.17) is 10.8 Å². The van der Waals surface area contributed by atoms with Gasteiger partial charge >= 0.3 is 5.97 Å². The fourth-order valence-electron chi connectivity index (χ4n) is 2.90. The highest BCUT2D eigenvalue weighted by Gasteiger charge is 2.32. The Hall–Kier alpha value is -2.64. The van der Waals surface area contributed by atoms with E-state index in [0.717, 1.165) is 0 Å². The van der Waals surface area contributed by atoms with Crippen LogP contribution in [0.1, 0.15) is 32.4 Å². The number of nitrogens with zero attached hydrogens (tertiary/aromatic N) is 1. The molecule has 5 atom stereocenters. The van der Waals surface area contributed by atoms with E-state index >= 15 is 0 Å².